The van der Waals surface area contributed by atoms with Crippen molar-refractivity contribution < 1.29 is 4.74 Å². The zero-order valence-corrected chi connectivity index (χ0v) is 9.09. The van der Waals surface area contributed by atoms with Gasteiger partial charge in [0.2, 0.25) is 0 Å². The second-order valence-electron chi connectivity index (χ2n) is 2.87. The molecular formula is C10H8BrNO2. The molecular weight excluding hydrogens is 246 g/mol. The summed E-state index contributed by atoms with van der Waals surface area (Å²) in [7, 11) is 1.48. The molecule has 0 bridgehead atoms. The molecule has 0 unspecified atom stereocenters. The number of hydrogen-bond acceptors (Lipinski definition) is 2. The summed E-state index contributed by atoms with van der Waals surface area (Å²) in [4.78, 5) is 14.2. The van der Waals surface area contributed by atoms with Crippen molar-refractivity contribution in [3.05, 3.63) is 39.1 Å². The van der Waals surface area contributed by atoms with E-state index in [0.717, 1.165) is 15.4 Å². The van der Waals surface area contributed by atoms with Crippen LogP contribution in [0.4, 0.5) is 0 Å². The van der Waals surface area contributed by atoms with Crippen molar-refractivity contribution in [2.75, 3.05) is 7.11 Å². The fourth-order valence-corrected chi connectivity index (χ4v) is 1.81. The van der Waals surface area contributed by atoms with E-state index < -0.39 is 0 Å². The molecule has 0 aliphatic heterocycles. The van der Waals surface area contributed by atoms with Crippen molar-refractivity contribution >= 4 is 26.8 Å². The van der Waals surface area contributed by atoms with E-state index in [1.54, 1.807) is 6.07 Å². The highest BCUT2D eigenvalue weighted by Crippen LogP contribution is 2.22. The fourth-order valence-electron chi connectivity index (χ4n) is 1.33. The second-order valence-corrected chi connectivity index (χ2v) is 3.73. The highest BCUT2D eigenvalue weighted by atomic mass is 79.9. The third-order valence-electron chi connectivity index (χ3n) is 2.01. The largest absolute Gasteiger partial charge is 0.491 e. The summed E-state index contributed by atoms with van der Waals surface area (Å²) in [5.41, 5.74) is 0.574. The lowest BCUT2D eigenvalue weighted by molar-refractivity contribution is 0.409. The van der Waals surface area contributed by atoms with Gasteiger partial charge in [-0.25, -0.2) is 0 Å². The highest BCUT2D eigenvalue weighted by molar-refractivity contribution is 9.10. The number of aromatic amines is 1. The maximum atomic E-state index is 11.4. The number of halogens is 1. The van der Waals surface area contributed by atoms with Gasteiger partial charge in [0.25, 0.3) is 5.56 Å². The first-order valence-corrected chi connectivity index (χ1v) is 4.87. The molecule has 72 valence electrons. The van der Waals surface area contributed by atoms with Gasteiger partial charge < -0.3 is 9.72 Å². The Morgan fingerprint density at radius 3 is 2.93 bits per heavy atom. The summed E-state index contributed by atoms with van der Waals surface area (Å²) in [5.74, 6) is 0.329. The molecule has 1 aromatic carbocycles. The number of rotatable bonds is 1. The summed E-state index contributed by atoms with van der Waals surface area (Å²) in [6.45, 7) is 0. The molecule has 1 N–H and O–H groups in total. The maximum absolute atomic E-state index is 11.4. The molecule has 0 saturated carbocycles. The monoisotopic (exact) mass is 253 g/mol. The first kappa shape index (κ1) is 9.27. The van der Waals surface area contributed by atoms with Crippen LogP contribution < -0.4 is 10.3 Å². The number of benzene rings is 1. The number of H-pyrrole nitrogens is 1. The minimum atomic E-state index is -0.216. The number of ether oxygens (including phenoxy) is 1. The lowest BCUT2D eigenvalue weighted by Crippen LogP contribution is -2.08. The topological polar surface area (TPSA) is 42.1 Å². The molecule has 0 saturated heterocycles. The van der Waals surface area contributed by atoms with Gasteiger partial charge in [0.05, 0.1) is 12.6 Å². The van der Waals surface area contributed by atoms with Gasteiger partial charge in [0.15, 0.2) is 5.75 Å². The van der Waals surface area contributed by atoms with Crippen LogP contribution in [0.2, 0.25) is 0 Å². The SMILES string of the molecule is COc1cc2cccc(Br)c2[nH]c1=O. The molecule has 0 radical (unpaired) electrons. The van der Waals surface area contributed by atoms with Crippen LogP contribution in [-0.4, -0.2) is 12.1 Å². The van der Waals surface area contributed by atoms with Crippen molar-refractivity contribution in [3.8, 4) is 5.75 Å². The third-order valence-corrected chi connectivity index (χ3v) is 2.68. The molecule has 0 aliphatic carbocycles. The van der Waals surface area contributed by atoms with Gasteiger partial charge in [0, 0.05) is 9.86 Å². The number of para-hydroxylation sites is 1. The smallest absolute Gasteiger partial charge is 0.290 e. The van der Waals surface area contributed by atoms with Gasteiger partial charge in [-0.05, 0) is 28.1 Å². The van der Waals surface area contributed by atoms with Crippen molar-refractivity contribution in [2.24, 2.45) is 0 Å². The van der Waals surface area contributed by atoms with Gasteiger partial charge in [-0.2, -0.15) is 0 Å². The van der Waals surface area contributed by atoms with Crippen LogP contribution in [0.15, 0.2) is 33.5 Å². The van der Waals surface area contributed by atoms with E-state index in [1.165, 1.54) is 7.11 Å². The first-order chi connectivity index (χ1) is 6.72. The number of pyridine rings is 1. The molecule has 1 heterocycles. The Bertz CT molecular complexity index is 533. The third kappa shape index (κ3) is 1.42. The lowest BCUT2D eigenvalue weighted by atomic mass is 10.2. The summed E-state index contributed by atoms with van der Waals surface area (Å²) in [6.07, 6.45) is 0. The quantitative estimate of drug-likeness (QED) is 0.848. The number of methoxy groups -OCH3 is 1. The van der Waals surface area contributed by atoms with Crippen molar-refractivity contribution in [1.29, 1.82) is 0 Å². The molecule has 0 amide bonds. The summed E-state index contributed by atoms with van der Waals surface area (Å²) in [6, 6.07) is 7.42. The summed E-state index contributed by atoms with van der Waals surface area (Å²) in [5, 5.41) is 0.941. The lowest BCUT2D eigenvalue weighted by Gasteiger charge is -2.02. The number of nitrogens with one attached hydrogen (secondary N) is 1. The van der Waals surface area contributed by atoms with Crippen LogP contribution in [0, 0.1) is 0 Å². The number of hydrogen-bond donors (Lipinski definition) is 1. The van der Waals surface area contributed by atoms with E-state index in [4.69, 9.17) is 4.74 Å². The highest BCUT2D eigenvalue weighted by Gasteiger charge is 2.03. The Balaban J connectivity index is 2.86. The predicted molar refractivity (Wildman–Crippen MR) is 58.8 cm³/mol. The predicted octanol–water partition coefficient (Wildman–Crippen LogP) is 2.30. The zero-order chi connectivity index (χ0) is 10.1. The Labute approximate surface area is 88.8 Å². The van der Waals surface area contributed by atoms with Crippen LogP contribution in [0.5, 0.6) is 5.75 Å². The molecule has 0 aliphatic rings. The van der Waals surface area contributed by atoms with Gasteiger partial charge >= 0.3 is 0 Å². The average Bonchev–Trinajstić information content (AvgIpc) is 2.19. The Morgan fingerprint density at radius 1 is 1.43 bits per heavy atom. The van der Waals surface area contributed by atoms with E-state index in [2.05, 4.69) is 20.9 Å². The molecule has 2 aromatic rings. The number of fused-ring (bicyclic) bond motifs is 1. The van der Waals surface area contributed by atoms with Crippen molar-refractivity contribution in [1.82, 2.24) is 4.98 Å². The van der Waals surface area contributed by atoms with E-state index in [9.17, 15) is 4.79 Å². The fraction of sp³-hybridized carbons (Fsp3) is 0.100. The van der Waals surface area contributed by atoms with Crippen LogP contribution in [0.1, 0.15) is 0 Å². The van der Waals surface area contributed by atoms with E-state index in [-0.39, 0.29) is 5.56 Å². The molecule has 3 nitrogen and oxygen atoms in total. The van der Waals surface area contributed by atoms with Crippen LogP contribution >= 0.6 is 15.9 Å². The minimum Gasteiger partial charge on any atom is -0.491 e. The molecule has 0 atom stereocenters. The minimum absolute atomic E-state index is 0.216. The summed E-state index contributed by atoms with van der Waals surface area (Å²) < 4.78 is 5.80. The maximum Gasteiger partial charge on any atom is 0.290 e. The molecule has 1 aromatic heterocycles. The molecule has 0 fully saturated rings. The van der Waals surface area contributed by atoms with E-state index in [1.807, 2.05) is 18.2 Å². The number of aromatic nitrogens is 1. The summed E-state index contributed by atoms with van der Waals surface area (Å²) >= 11 is 3.37. The van der Waals surface area contributed by atoms with Crippen LogP contribution in [-0.2, 0) is 0 Å². The average molecular weight is 254 g/mol. The van der Waals surface area contributed by atoms with Crippen molar-refractivity contribution in [3.63, 3.8) is 0 Å². The molecule has 2 rings (SSSR count). The van der Waals surface area contributed by atoms with Gasteiger partial charge in [0.1, 0.15) is 0 Å². The van der Waals surface area contributed by atoms with Crippen LogP contribution in [0.3, 0.4) is 0 Å². The van der Waals surface area contributed by atoms with Gasteiger partial charge in [-0.15, -0.1) is 0 Å². The Hall–Kier alpha value is -1.29. The Morgan fingerprint density at radius 2 is 2.21 bits per heavy atom. The normalized spacial score (nSPS) is 10.4. The van der Waals surface area contributed by atoms with E-state index >= 15 is 0 Å². The second kappa shape index (κ2) is 3.46. The van der Waals surface area contributed by atoms with Crippen LogP contribution in [0.25, 0.3) is 10.9 Å². The molecule has 4 heteroatoms. The van der Waals surface area contributed by atoms with Gasteiger partial charge in [-0.3, -0.25) is 4.79 Å². The zero-order valence-electron chi connectivity index (χ0n) is 7.50. The van der Waals surface area contributed by atoms with E-state index in [0.29, 0.717) is 5.75 Å². The Kier molecular flexibility index (Phi) is 2.29. The van der Waals surface area contributed by atoms with Gasteiger partial charge in [-0.1, -0.05) is 12.1 Å². The van der Waals surface area contributed by atoms with Crippen molar-refractivity contribution in [2.45, 2.75) is 0 Å². The molecule has 0 spiro atoms. The molecule has 14 heavy (non-hydrogen) atoms. The first-order valence-electron chi connectivity index (χ1n) is 4.08. The standard InChI is InChI=1S/C10H8BrNO2/c1-14-8-5-6-3-2-4-7(11)9(6)12-10(8)13/h2-5H,1H3,(H,12,13).